The molecule has 0 bridgehead atoms. The van der Waals surface area contributed by atoms with E-state index >= 15 is 0 Å². The van der Waals surface area contributed by atoms with Crippen LogP contribution in [0.4, 0.5) is 5.82 Å². The highest BCUT2D eigenvalue weighted by Crippen LogP contribution is 2.18. The van der Waals surface area contributed by atoms with Gasteiger partial charge in [-0.2, -0.15) is 0 Å². The largest absolute Gasteiger partial charge is 0.357 e. The third-order valence-corrected chi connectivity index (χ3v) is 5.52. The molecule has 0 radical (unpaired) electrons. The van der Waals surface area contributed by atoms with Gasteiger partial charge in [-0.25, -0.2) is 4.98 Å². The zero-order chi connectivity index (χ0) is 18.4. The molecular formula is C20H34N6. The van der Waals surface area contributed by atoms with Gasteiger partial charge in [0.05, 0.1) is 0 Å². The number of rotatable bonds is 5. The van der Waals surface area contributed by atoms with Crippen molar-refractivity contribution in [1.82, 2.24) is 20.5 Å². The Bertz CT molecular complexity index is 586. The molecule has 2 fully saturated rings. The molecule has 0 aromatic carbocycles. The Hall–Kier alpha value is -1.82. The predicted octanol–water partition coefficient (Wildman–Crippen LogP) is 2.22. The Labute approximate surface area is 158 Å². The van der Waals surface area contributed by atoms with Crippen molar-refractivity contribution in [2.24, 2.45) is 4.99 Å². The van der Waals surface area contributed by atoms with E-state index in [1.54, 1.807) is 0 Å². The van der Waals surface area contributed by atoms with E-state index in [1.807, 2.05) is 13.2 Å². The zero-order valence-corrected chi connectivity index (χ0v) is 16.5. The molecule has 2 aliphatic heterocycles. The number of pyridine rings is 1. The Morgan fingerprint density at radius 3 is 2.62 bits per heavy atom. The van der Waals surface area contributed by atoms with Gasteiger partial charge in [-0.15, -0.1) is 0 Å². The molecule has 3 heterocycles. The second-order valence-corrected chi connectivity index (χ2v) is 7.69. The van der Waals surface area contributed by atoms with E-state index in [4.69, 9.17) is 0 Å². The molecule has 0 spiro atoms. The smallest absolute Gasteiger partial charge is 0.191 e. The Kier molecular flexibility index (Phi) is 6.72. The highest BCUT2D eigenvalue weighted by Gasteiger charge is 2.21. The first kappa shape index (κ1) is 19.0. The highest BCUT2D eigenvalue weighted by atomic mass is 15.2. The van der Waals surface area contributed by atoms with Gasteiger partial charge in [-0.05, 0) is 57.2 Å². The first-order valence-corrected chi connectivity index (χ1v) is 10.1. The minimum absolute atomic E-state index is 0.508. The lowest BCUT2D eigenvalue weighted by Gasteiger charge is -2.35. The van der Waals surface area contributed by atoms with Crippen LogP contribution in [0.2, 0.25) is 0 Å². The van der Waals surface area contributed by atoms with E-state index in [-0.39, 0.29) is 0 Å². The number of guanidine groups is 1. The van der Waals surface area contributed by atoms with Crippen molar-refractivity contribution in [3.8, 4) is 0 Å². The number of likely N-dealkylation sites (tertiary alicyclic amines) is 1. The Morgan fingerprint density at radius 2 is 1.96 bits per heavy atom. The van der Waals surface area contributed by atoms with Gasteiger partial charge in [-0.3, -0.25) is 4.99 Å². The predicted molar refractivity (Wildman–Crippen MR) is 109 cm³/mol. The summed E-state index contributed by atoms with van der Waals surface area (Å²) in [5.74, 6) is 2.00. The number of hydrogen-bond donors (Lipinski definition) is 2. The molecule has 0 atom stereocenters. The van der Waals surface area contributed by atoms with Crippen LogP contribution in [0.5, 0.6) is 0 Å². The van der Waals surface area contributed by atoms with Crippen LogP contribution in [-0.4, -0.2) is 61.2 Å². The molecule has 0 aliphatic carbocycles. The molecule has 6 nitrogen and oxygen atoms in total. The van der Waals surface area contributed by atoms with Crippen LogP contribution in [0.25, 0.3) is 0 Å². The molecule has 2 saturated heterocycles. The van der Waals surface area contributed by atoms with Crippen LogP contribution in [0.15, 0.2) is 23.3 Å². The van der Waals surface area contributed by atoms with Gasteiger partial charge >= 0.3 is 0 Å². The van der Waals surface area contributed by atoms with E-state index in [0.29, 0.717) is 12.1 Å². The summed E-state index contributed by atoms with van der Waals surface area (Å²) >= 11 is 0. The molecule has 1 aromatic heterocycles. The third kappa shape index (κ3) is 5.10. The molecule has 3 rings (SSSR count). The molecule has 6 heteroatoms. The van der Waals surface area contributed by atoms with Gasteiger partial charge in [0.25, 0.3) is 0 Å². The standard InChI is InChI=1S/C20H34N6/c1-16(2)25-12-7-18(8-13-25)24-20(21-3)23-15-17-6-9-22-19(14-17)26-10-4-5-11-26/h6,9,14,16,18H,4-5,7-8,10-13,15H2,1-3H3,(H2,21,23,24). The lowest BCUT2D eigenvalue weighted by Crippen LogP contribution is -2.49. The van der Waals surface area contributed by atoms with E-state index < -0.39 is 0 Å². The van der Waals surface area contributed by atoms with Crippen molar-refractivity contribution < 1.29 is 0 Å². The van der Waals surface area contributed by atoms with Gasteiger partial charge in [0.15, 0.2) is 5.96 Å². The first-order chi connectivity index (χ1) is 12.7. The van der Waals surface area contributed by atoms with Gasteiger partial charge in [-0.1, -0.05) is 0 Å². The molecule has 144 valence electrons. The summed E-state index contributed by atoms with van der Waals surface area (Å²) < 4.78 is 0. The van der Waals surface area contributed by atoms with Crippen molar-refractivity contribution in [2.75, 3.05) is 38.1 Å². The van der Waals surface area contributed by atoms with E-state index in [2.05, 4.69) is 56.4 Å². The number of piperidine rings is 1. The number of aliphatic imine (C=N–C) groups is 1. The molecule has 1 aromatic rings. The molecular weight excluding hydrogens is 324 g/mol. The van der Waals surface area contributed by atoms with Crippen molar-refractivity contribution in [1.29, 1.82) is 0 Å². The van der Waals surface area contributed by atoms with Crippen molar-refractivity contribution in [3.05, 3.63) is 23.9 Å². The number of nitrogens with zero attached hydrogens (tertiary/aromatic N) is 4. The maximum absolute atomic E-state index is 4.53. The lowest BCUT2D eigenvalue weighted by atomic mass is 10.0. The topological polar surface area (TPSA) is 55.8 Å². The van der Waals surface area contributed by atoms with Gasteiger partial charge in [0.2, 0.25) is 0 Å². The zero-order valence-electron chi connectivity index (χ0n) is 16.5. The van der Waals surface area contributed by atoms with Crippen molar-refractivity contribution in [3.63, 3.8) is 0 Å². The summed E-state index contributed by atoms with van der Waals surface area (Å²) in [6.45, 7) is 9.91. The molecule has 2 aliphatic rings. The summed E-state index contributed by atoms with van der Waals surface area (Å²) in [6.07, 6.45) is 6.82. The summed E-state index contributed by atoms with van der Waals surface area (Å²) in [6, 6.07) is 5.44. The maximum Gasteiger partial charge on any atom is 0.191 e. The first-order valence-electron chi connectivity index (χ1n) is 10.1. The summed E-state index contributed by atoms with van der Waals surface area (Å²) in [7, 11) is 1.85. The highest BCUT2D eigenvalue weighted by molar-refractivity contribution is 5.80. The fraction of sp³-hybridized carbons (Fsp3) is 0.700. The van der Waals surface area contributed by atoms with E-state index in [0.717, 1.165) is 44.5 Å². The average molecular weight is 359 g/mol. The number of anilines is 1. The van der Waals surface area contributed by atoms with E-state index in [1.165, 1.54) is 31.2 Å². The second-order valence-electron chi connectivity index (χ2n) is 7.69. The van der Waals surface area contributed by atoms with Crippen LogP contribution in [0.1, 0.15) is 45.1 Å². The number of nitrogens with one attached hydrogen (secondary N) is 2. The molecule has 26 heavy (non-hydrogen) atoms. The fourth-order valence-corrected chi connectivity index (χ4v) is 3.82. The molecule has 2 N–H and O–H groups in total. The van der Waals surface area contributed by atoms with Crippen molar-refractivity contribution >= 4 is 11.8 Å². The Balaban J connectivity index is 1.48. The summed E-state index contributed by atoms with van der Waals surface area (Å²) in [5.41, 5.74) is 1.25. The van der Waals surface area contributed by atoms with Gasteiger partial charge in [0, 0.05) is 58.1 Å². The molecule has 0 amide bonds. The number of aromatic nitrogens is 1. The van der Waals surface area contributed by atoms with Crippen LogP contribution in [0.3, 0.4) is 0 Å². The minimum Gasteiger partial charge on any atom is -0.357 e. The third-order valence-electron chi connectivity index (χ3n) is 5.52. The second kappa shape index (κ2) is 9.21. The van der Waals surface area contributed by atoms with Crippen LogP contribution in [0, 0.1) is 0 Å². The monoisotopic (exact) mass is 358 g/mol. The maximum atomic E-state index is 4.53. The van der Waals surface area contributed by atoms with Crippen molar-refractivity contribution in [2.45, 2.75) is 58.2 Å². The minimum atomic E-state index is 0.508. The summed E-state index contributed by atoms with van der Waals surface area (Å²) in [5, 5.41) is 7.06. The van der Waals surface area contributed by atoms with Gasteiger partial charge < -0.3 is 20.4 Å². The van der Waals surface area contributed by atoms with Gasteiger partial charge in [0.1, 0.15) is 5.82 Å². The molecule has 0 unspecified atom stereocenters. The average Bonchev–Trinajstić information content (AvgIpc) is 3.20. The van der Waals surface area contributed by atoms with Crippen LogP contribution < -0.4 is 15.5 Å². The SMILES string of the molecule is CN=C(NCc1ccnc(N2CCCC2)c1)NC1CCN(C(C)C)CC1. The van der Waals surface area contributed by atoms with E-state index in [9.17, 15) is 0 Å². The molecule has 0 saturated carbocycles. The van der Waals surface area contributed by atoms with Crippen LogP contribution in [-0.2, 0) is 6.54 Å². The fourth-order valence-electron chi connectivity index (χ4n) is 3.82. The summed E-state index contributed by atoms with van der Waals surface area (Å²) in [4.78, 5) is 13.9. The quantitative estimate of drug-likeness (QED) is 0.624. The lowest BCUT2D eigenvalue weighted by molar-refractivity contribution is 0.167. The van der Waals surface area contributed by atoms with Crippen LogP contribution >= 0.6 is 0 Å². The Morgan fingerprint density at radius 1 is 1.23 bits per heavy atom. The normalized spacial score (nSPS) is 20.0. The number of hydrogen-bond acceptors (Lipinski definition) is 4.